The van der Waals surface area contributed by atoms with E-state index in [1.165, 1.54) is 0 Å². The lowest BCUT2D eigenvalue weighted by atomic mass is 10.0. The van der Waals surface area contributed by atoms with Gasteiger partial charge in [-0.25, -0.2) is 0 Å². The fourth-order valence-corrected chi connectivity index (χ4v) is 1.97. The lowest BCUT2D eigenvalue weighted by molar-refractivity contribution is -0.119. The number of aromatic nitrogens is 1. The van der Waals surface area contributed by atoms with Crippen LogP contribution in [0.2, 0.25) is 0 Å². The molecule has 0 amide bonds. The number of likely N-dealkylation sites (N-methyl/N-ethyl adjacent to an activating group) is 1. The minimum Gasteiger partial charge on any atom is -0.298 e. The van der Waals surface area contributed by atoms with Gasteiger partial charge in [0.1, 0.15) is 0 Å². The van der Waals surface area contributed by atoms with Gasteiger partial charge in [-0.05, 0) is 32.0 Å². The first-order valence-electron chi connectivity index (χ1n) is 5.31. The van der Waals surface area contributed by atoms with Gasteiger partial charge in [-0.15, -0.1) is 0 Å². The van der Waals surface area contributed by atoms with Crippen LogP contribution in [0.5, 0.6) is 0 Å². The van der Waals surface area contributed by atoms with E-state index in [4.69, 9.17) is 0 Å². The summed E-state index contributed by atoms with van der Waals surface area (Å²) in [5, 5.41) is 0. The Morgan fingerprint density at radius 1 is 1.53 bits per heavy atom. The van der Waals surface area contributed by atoms with Crippen LogP contribution in [0.3, 0.4) is 0 Å². The lowest BCUT2D eigenvalue weighted by Crippen LogP contribution is -2.31. The lowest BCUT2D eigenvalue weighted by Gasteiger charge is -2.17. The van der Waals surface area contributed by atoms with Gasteiger partial charge in [0.2, 0.25) is 0 Å². The number of aryl methyl sites for hydroxylation is 1. The molecule has 0 saturated carbocycles. The number of Topliss-reactive ketones (excluding diaryl/α,β-unsaturated/α-hetero) is 1. The van der Waals surface area contributed by atoms with Crippen LogP contribution in [0.25, 0.3) is 0 Å². The van der Waals surface area contributed by atoms with Crippen LogP contribution in [0.4, 0.5) is 0 Å². The van der Waals surface area contributed by atoms with Gasteiger partial charge >= 0.3 is 0 Å². The normalized spacial score (nSPS) is 22.3. The Balaban J connectivity index is 2.08. The molecule has 1 atom stereocenters. The molecule has 1 aliphatic rings. The van der Waals surface area contributed by atoms with Gasteiger partial charge in [-0.1, -0.05) is 6.07 Å². The van der Waals surface area contributed by atoms with Crippen LogP contribution in [-0.2, 0) is 11.2 Å². The van der Waals surface area contributed by atoms with E-state index < -0.39 is 0 Å². The van der Waals surface area contributed by atoms with E-state index in [-0.39, 0.29) is 6.04 Å². The number of ketones is 1. The zero-order valence-electron chi connectivity index (χ0n) is 9.23. The summed E-state index contributed by atoms with van der Waals surface area (Å²) < 4.78 is 0. The average Bonchev–Trinajstić information content (AvgIpc) is 2.53. The van der Waals surface area contributed by atoms with Crippen molar-refractivity contribution in [2.75, 3.05) is 13.6 Å². The highest BCUT2D eigenvalue weighted by Gasteiger charge is 2.29. The van der Waals surface area contributed by atoms with Crippen molar-refractivity contribution in [2.45, 2.75) is 25.8 Å². The second kappa shape index (κ2) is 4.11. The maximum absolute atomic E-state index is 11.6. The molecule has 3 heteroatoms. The van der Waals surface area contributed by atoms with Crippen LogP contribution in [-0.4, -0.2) is 35.3 Å². The number of nitrogens with zero attached hydrogens (tertiary/aromatic N) is 2. The molecule has 0 bridgehead atoms. The van der Waals surface area contributed by atoms with Crippen LogP contribution >= 0.6 is 0 Å². The van der Waals surface area contributed by atoms with Crippen molar-refractivity contribution < 1.29 is 4.79 Å². The molecule has 1 unspecified atom stereocenters. The van der Waals surface area contributed by atoms with E-state index in [0.29, 0.717) is 12.2 Å². The molecule has 0 spiro atoms. The molecule has 15 heavy (non-hydrogen) atoms. The van der Waals surface area contributed by atoms with Crippen molar-refractivity contribution in [1.82, 2.24) is 9.88 Å². The Kier molecular flexibility index (Phi) is 2.82. The minimum atomic E-state index is 0.0644. The molecule has 3 nitrogen and oxygen atoms in total. The second-order valence-electron chi connectivity index (χ2n) is 4.22. The van der Waals surface area contributed by atoms with Crippen LogP contribution in [0.1, 0.15) is 17.7 Å². The van der Waals surface area contributed by atoms with Gasteiger partial charge in [-0.3, -0.25) is 14.7 Å². The Hall–Kier alpha value is -1.22. The smallest absolute Gasteiger partial charge is 0.151 e. The molecule has 1 saturated heterocycles. The highest BCUT2D eigenvalue weighted by molar-refractivity contribution is 5.86. The van der Waals surface area contributed by atoms with Crippen LogP contribution in [0, 0.1) is 6.92 Å². The van der Waals surface area contributed by atoms with Gasteiger partial charge < -0.3 is 0 Å². The van der Waals surface area contributed by atoms with Crippen molar-refractivity contribution in [3.63, 3.8) is 0 Å². The topological polar surface area (TPSA) is 33.2 Å². The molecule has 0 radical (unpaired) electrons. The van der Waals surface area contributed by atoms with Crippen molar-refractivity contribution in [3.05, 3.63) is 29.6 Å². The highest BCUT2D eigenvalue weighted by Crippen LogP contribution is 2.15. The van der Waals surface area contributed by atoms with E-state index >= 15 is 0 Å². The quantitative estimate of drug-likeness (QED) is 0.726. The fourth-order valence-electron chi connectivity index (χ4n) is 1.97. The van der Waals surface area contributed by atoms with E-state index in [0.717, 1.165) is 24.2 Å². The summed E-state index contributed by atoms with van der Waals surface area (Å²) in [5.74, 6) is 0.359. The van der Waals surface area contributed by atoms with Gasteiger partial charge in [0.15, 0.2) is 5.78 Å². The number of hydrogen-bond acceptors (Lipinski definition) is 3. The first kappa shape index (κ1) is 10.3. The summed E-state index contributed by atoms with van der Waals surface area (Å²) in [5.41, 5.74) is 2.16. The summed E-state index contributed by atoms with van der Waals surface area (Å²) in [6.45, 7) is 2.86. The standard InChI is InChI=1S/C12H16N2O/c1-9-3-4-10(8-13-9)7-11-12(15)5-6-14(11)2/h3-4,8,11H,5-7H2,1-2H3. The molecule has 0 aliphatic carbocycles. The van der Waals surface area contributed by atoms with Crippen molar-refractivity contribution in [1.29, 1.82) is 0 Å². The molecule has 2 heterocycles. The number of likely N-dealkylation sites (tertiary alicyclic amines) is 1. The van der Waals surface area contributed by atoms with Crippen molar-refractivity contribution >= 4 is 5.78 Å². The molecule has 2 rings (SSSR count). The van der Waals surface area contributed by atoms with Crippen LogP contribution < -0.4 is 0 Å². The van der Waals surface area contributed by atoms with Gasteiger partial charge in [0.05, 0.1) is 6.04 Å². The van der Waals surface area contributed by atoms with E-state index in [2.05, 4.69) is 16.0 Å². The number of hydrogen-bond donors (Lipinski definition) is 0. The number of pyridine rings is 1. The molecule has 80 valence electrons. The Morgan fingerprint density at radius 3 is 2.87 bits per heavy atom. The summed E-state index contributed by atoms with van der Waals surface area (Å²) in [6.07, 6.45) is 3.36. The van der Waals surface area contributed by atoms with E-state index in [1.807, 2.05) is 26.2 Å². The molecule has 0 aromatic carbocycles. The third kappa shape index (κ3) is 2.23. The molecule has 1 aliphatic heterocycles. The summed E-state index contributed by atoms with van der Waals surface area (Å²) in [4.78, 5) is 18.0. The predicted octanol–water partition coefficient (Wildman–Crippen LogP) is 1.21. The first-order chi connectivity index (χ1) is 7.16. The second-order valence-corrected chi connectivity index (χ2v) is 4.22. The number of carbonyl (C=O) groups excluding carboxylic acids is 1. The summed E-state index contributed by atoms with van der Waals surface area (Å²) >= 11 is 0. The predicted molar refractivity (Wildman–Crippen MR) is 58.7 cm³/mol. The molecule has 0 N–H and O–H groups in total. The number of carbonyl (C=O) groups is 1. The third-order valence-electron chi connectivity index (χ3n) is 3.02. The Labute approximate surface area is 90.1 Å². The SMILES string of the molecule is Cc1ccc(CC2C(=O)CCN2C)cn1. The molecule has 1 aromatic rings. The average molecular weight is 204 g/mol. The summed E-state index contributed by atoms with van der Waals surface area (Å²) in [7, 11) is 2.01. The summed E-state index contributed by atoms with van der Waals surface area (Å²) in [6, 6.07) is 4.12. The Bertz CT molecular complexity index is 358. The monoisotopic (exact) mass is 204 g/mol. The zero-order chi connectivity index (χ0) is 10.8. The largest absolute Gasteiger partial charge is 0.298 e. The molecule has 1 aromatic heterocycles. The molecular weight excluding hydrogens is 188 g/mol. The maximum atomic E-state index is 11.6. The van der Waals surface area contributed by atoms with Crippen molar-refractivity contribution in [3.8, 4) is 0 Å². The van der Waals surface area contributed by atoms with E-state index in [1.54, 1.807) is 0 Å². The van der Waals surface area contributed by atoms with Gasteiger partial charge in [0.25, 0.3) is 0 Å². The number of rotatable bonds is 2. The maximum Gasteiger partial charge on any atom is 0.151 e. The Morgan fingerprint density at radius 2 is 2.33 bits per heavy atom. The first-order valence-corrected chi connectivity index (χ1v) is 5.31. The zero-order valence-corrected chi connectivity index (χ0v) is 9.23. The minimum absolute atomic E-state index is 0.0644. The molecule has 1 fully saturated rings. The fraction of sp³-hybridized carbons (Fsp3) is 0.500. The molecular formula is C12H16N2O. The highest BCUT2D eigenvalue weighted by atomic mass is 16.1. The van der Waals surface area contributed by atoms with Crippen LogP contribution in [0.15, 0.2) is 18.3 Å². The van der Waals surface area contributed by atoms with Crippen molar-refractivity contribution in [2.24, 2.45) is 0 Å². The third-order valence-corrected chi connectivity index (χ3v) is 3.02. The van der Waals surface area contributed by atoms with E-state index in [9.17, 15) is 4.79 Å². The van der Waals surface area contributed by atoms with Gasteiger partial charge in [-0.2, -0.15) is 0 Å². The van der Waals surface area contributed by atoms with Gasteiger partial charge in [0, 0.05) is 24.9 Å².